The Bertz CT molecular complexity index is 747. The van der Waals surface area contributed by atoms with Crippen LogP contribution < -0.4 is 0 Å². The maximum absolute atomic E-state index is 12.6. The Kier molecular flexibility index (Phi) is 3.52. The van der Waals surface area contributed by atoms with Crippen LogP contribution in [0.4, 0.5) is 0 Å². The van der Waals surface area contributed by atoms with Crippen LogP contribution in [-0.2, 0) is 16.4 Å². The minimum Gasteiger partial charge on any atom is -0.387 e. The Labute approximate surface area is 123 Å². The molecule has 3 rings (SSSR count). The highest BCUT2D eigenvalue weighted by molar-refractivity contribution is 7.89. The van der Waals surface area contributed by atoms with E-state index in [-0.39, 0.29) is 4.90 Å². The molecule has 2 atom stereocenters. The van der Waals surface area contributed by atoms with Crippen molar-refractivity contribution in [3.8, 4) is 0 Å². The Hall–Kier alpha value is -1.76. The Morgan fingerprint density at radius 1 is 1.19 bits per heavy atom. The standard InChI is InChI=1S/C15H16N2O3S/c1-17-13(10-11-6-8-16-9-7-11)15(18)12-4-2-3-5-14(12)21(17,19)20/h2-9,13,15,18H,10H2,1H3/t13-,15-/m0/s1. The van der Waals surface area contributed by atoms with Crippen molar-refractivity contribution in [1.29, 1.82) is 0 Å². The number of benzene rings is 1. The lowest BCUT2D eigenvalue weighted by atomic mass is 9.96. The number of sulfonamides is 1. The molecule has 110 valence electrons. The highest BCUT2D eigenvalue weighted by Crippen LogP contribution is 2.36. The number of hydrogen-bond donors (Lipinski definition) is 1. The van der Waals surface area contributed by atoms with Crippen molar-refractivity contribution in [3.05, 3.63) is 59.9 Å². The highest BCUT2D eigenvalue weighted by Gasteiger charge is 2.41. The van der Waals surface area contributed by atoms with Crippen molar-refractivity contribution in [2.75, 3.05) is 7.05 Å². The molecule has 5 nitrogen and oxygen atoms in total. The number of aromatic nitrogens is 1. The number of aliphatic hydroxyl groups excluding tert-OH is 1. The number of nitrogens with zero attached hydrogens (tertiary/aromatic N) is 2. The zero-order valence-corrected chi connectivity index (χ0v) is 12.4. The maximum Gasteiger partial charge on any atom is 0.243 e. The summed E-state index contributed by atoms with van der Waals surface area (Å²) in [5, 5.41) is 10.6. The zero-order valence-electron chi connectivity index (χ0n) is 11.5. The Balaban J connectivity index is 2.04. The van der Waals surface area contributed by atoms with Crippen LogP contribution in [0.25, 0.3) is 0 Å². The van der Waals surface area contributed by atoms with Crippen LogP contribution >= 0.6 is 0 Å². The van der Waals surface area contributed by atoms with Gasteiger partial charge in [-0.25, -0.2) is 8.42 Å². The molecule has 2 aromatic rings. The summed E-state index contributed by atoms with van der Waals surface area (Å²) in [5.74, 6) is 0. The van der Waals surface area contributed by atoms with Gasteiger partial charge in [0.15, 0.2) is 0 Å². The SMILES string of the molecule is CN1[C@@H](Cc2ccncc2)[C@@H](O)c2ccccc2S1(=O)=O. The average Bonchev–Trinajstić information content (AvgIpc) is 2.51. The molecular weight excluding hydrogens is 288 g/mol. The second kappa shape index (κ2) is 5.22. The van der Waals surface area contributed by atoms with Gasteiger partial charge in [0.05, 0.1) is 17.0 Å². The minimum atomic E-state index is -3.57. The highest BCUT2D eigenvalue weighted by atomic mass is 32.2. The third kappa shape index (κ3) is 2.35. The van der Waals surface area contributed by atoms with Crippen LogP contribution in [0.1, 0.15) is 17.2 Å². The molecule has 0 bridgehead atoms. The third-order valence-electron chi connectivity index (χ3n) is 3.92. The third-order valence-corrected chi connectivity index (χ3v) is 5.88. The molecule has 0 radical (unpaired) electrons. The molecule has 0 amide bonds. The molecule has 0 spiro atoms. The van der Waals surface area contributed by atoms with E-state index >= 15 is 0 Å². The van der Waals surface area contributed by atoms with Gasteiger partial charge in [-0.15, -0.1) is 0 Å². The number of pyridine rings is 1. The number of aliphatic hydroxyl groups is 1. The summed E-state index contributed by atoms with van der Waals surface area (Å²) >= 11 is 0. The van der Waals surface area contributed by atoms with Gasteiger partial charge >= 0.3 is 0 Å². The molecular formula is C15H16N2O3S. The van der Waals surface area contributed by atoms with E-state index in [1.165, 1.54) is 17.4 Å². The first-order chi connectivity index (χ1) is 10.0. The summed E-state index contributed by atoms with van der Waals surface area (Å²) in [6, 6.07) is 9.75. The van der Waals surface area contributed by atoms with E-state index in [1.807, 2.05) is 12.1 Å². The second-order valence-corrected chi connectivity index (χ2v) is 7.10. The number of likely N-dealkylation sites (N-methyl/N-ethyl adjacent to an activating group) is 1. The summed E-state index contributed by atoms with van der Waals surface area (Å²) in [6.07, 6.45) is 2.91. The fourth-order valence-electron chi connectivity index (χ4n) is 2.70. The van der Waals surface area contributed by atoms with E-state index in [1.54, 1.807) is 30.6 Å². The lowest BCUT2D eigenvalue weighted by Crippen LogP contribution is -2.46. The van der Waals surface area contributed by atoms with E-state index in [0.29, 0.717) is 12.0 Å². The van der Waals surface area contributed by atoms with Gasteiger partial charge in [-0.3, -0.25) is 4.98 Å². The van der Waals surface area contributed by atoms with Crippen molar-refractivity contribution in [2.24, 2.45) is 0 Å². The van der Waals surface area contributed by atoms with Gasteiger partial charge in [0.2, 0.25) is 10.0 Å². The van der Waals surface area contributed by atoms with Crippen LogP contribution in [0.15, 0.2) is 53.7 Å². The lowest BCUT2D eigenvalue weighted by Gasteiger charge is -2.37. The predicted molar refractivity (Wildman–Crippen MR) is 78.1 cm³/mol. The van der Waals surface area contributed by atoms with Crippen LogP contribution in [-0.4, -0.2) is 35.9 Å². The maximum atomic E-state index is 12.6. The quantitative estimate of drug-likeness (QED) is 0.909. The minimum absolute atomic E-state index is 0.186. The summed E-state index contributed by atoms with van der Waals surface area (Å²) in [4.78, 5) is 4.13. The fourth-order valence-corrected chi connectivity index (χ4v) is 4.29. The summed E-state index contributed by atoms with van der Waals surface area (Å²) < 4.78 is 26.4. The lowest BCUT2D eigenvalue weighted by molar-refractivity contribution is 0.0892. The molecule has 1 aliphatic heterocycles. The van der Waals surface area contributed by atoms with E-state index in [9.17, 15) is 13.5 Å². The molecule has 2 heterocycles. The van der Waals surface area contributed by atoms with Crippen molar-refractivity contribution < 1.29 is 13.5 Å². The summed E-state index contributed by atoms with van der Waals surface area (Å²) in [6.45, 7) is 0. The zero-order chi connectivity index (χ0) is 15.0. The van der Waals surface area contributed by atoms with Gasteiger partial charge in [-0.1, -0.05) is 18.2 Å². The van der Waals surface area contributed by atoms with Crippen LogP contribution in [0.2, 0.25) is 0 Å². The summed E-state index contributed by atoms with van der Waals surface area (Å²) in [7, 11) is -2.05. The van der Waals surface area contributed by atoms with E-state index in [2.05, 4.69) is 4.98 Å². The molecule has 0 fully saturated rings. The molecule has 21 heavy (non-hydrogen) atoms. The second-order valence-electron chi connectivity index (χ2n) is 5.13. The molecule has 0 aliphatic carbocycles. The van der Waals surface area contributed by atoms with Crippen molar-refractivity contribution >= 4 is 10.0 Å². The first kappa shape index (κ1) is 14.2. The van der Waals surface area contributed by atoms with E-state index in [0.717, 1.165) is 5.56 Å². The van der Waals surface area contributed by atoms with Crippen molar-refractivity contribution in [2.45, 2.75) is 23.5 Å². The smallest absolute Gasteiger partial charge is 0.243 e. The first-order valence-electron chi connectivity index (χ1n) is 6.66. The van der Waals surface area contributed by atoms with Crippen molar-refractivity contribution in [3.63, 3.8) is 0 Å². The molecule has 0 saturated carbocycles. The molecule has 6 heteroatoms. The largest absolute Gasteiger partial charge is 0.387 e. The fraction of sp³-hybridized carbons (Fsp3) is 0.267. The van der Waals surface area contributed by atoms with E-state index in [4.69, 9.17) is 0 Å². The molecule has 1 N–H and O–H groups in total. The Morgan fingerprint density at radius 3 is 2.57 bits per heavy atom. The normalized spacial score (nSPS) is 24.5. The van der Waals surface area contributed by atoms with Gasteiger partial charge in [0.1, 0.15) is 0 Å². The number of hydrogen-bond acceptors (Lipinski definition) is 4. The van der Waals surface area contributed by atoms with Gasteiger partial charge in [-0.2, -0.15) is 4.31 Å². The molecule has 1 aliphatic rings. The topological polar surface area (TPSA) is 70.5 Å². The van der Waals surface area contributed by atoms with Gasteiger partial charge in [0, 0.05) is 25.0 Å². The molecule has 0 unspecified atom stereocenters. The first-order valence-corrected chi connectivity index (χ1v) is 8.10. The molecule has 1 aromatic carbocycles. The van der Waals surface area contributed by atoms with Gasteiger partial charge in [0.25, 0.3) is 0 Å². The van der Waals surface area contributed by atoms with Gasteiger partial charge < -0.3 is 5.11 Å². The van der Waals surface area contributed by atoms with E-state index < -0.39 is 22.2 Å². The van der Waals surface area contributed by atoms with Crippen LogP contribution in [0.5, 0.6) is 0 Å². The van der Waals surface area contributed by atoms with Crippen LogP contribution in [0.3, 0.4) is 0 Å². The van der Waals surface area contributed by atoms with Crippen molar-refractivity contribution in [1.82, 2.24) is 9.29 Å². The average molecular weight is 304 g/mol. The molecule has 1 aromatic heterocycles. The number of fused-ring (bicyclic) bond motifs is 1. The number of rotatable bonds is 2. The van der Waals surface area contributed by atoms with Gasteiger partial charge in [-0.05, 0) is 30.2 Å². The monoisotopic (exact) mass is 304 g/mol. The Morgan fingerprint density at radius 2 is 1.86 bits per heavy atom. The molecule has 0 saturated heterocycles. The summed E-state index contributed by atoms with van der Waals surface area (Å²) in [5.41, 5.74) is 1.41. The van der Waals surface area contributed by atoms with Crippen LogP contribution in [0, 0.1) is 0 Å². The predicted octanol–water partition coefficient (Wildman–Crippen LogP) is 1.36.